The van der Waals surface area contributed by atoms with E-state index in [9.17, 15) is 4.79 Å². The predicted molar refractivity (Wildman–Crippen MR) is 99.0 cm³/mol. The minimum atomic E-state index is -0.610. The lowest BCUT2D eigenvalue weighted by atomic mass is 9.79. The minimum absolute atomic E-state index is 0.108. The number of carbonyl (C=O) groups is 1. The van der Waals surface area contributed by atoms with Crippen molar-refractivity contribution in [3.8, 4) is 6.07 Å². The van der Waals surface area contributed by atoms with Gasteiger partial charge in [-0.25, -0.2) is 14.8 Å². The average Bonchev–Trinajstić information content (AvgIpc) is 2.67. The topological polar surface area (TPSA) is 87.9 Å². The highest BCUT2D eigenvalue weighted by molar-refractivity contribution is 9.10. The van der Waals surface area contributed by atoms with Crippen molar-refractivity contribution in [2.75, 3.05) is 0 Å². The number of alkyl carbamates (subject to hydrolysis) is 1. The highest BCUT2D eigenvalue weighted by Gasteiger charge is 2.37. The Kier molecular flexibility index (Phi) is 5.84. The Bertz CT molecular complexity index is 828. The van der Waals surface area contributed by atoms with Crippen molar-refractivity contribution in [3.05, 3.63) is 58.1 Å². The number of nitrogens with zero attached hydrogens (tertiary/aromatic N) is 3. The lowest BCUT2D eigenvalue weighted by molar-refractivity contribution is 0.116. The van der Waals surface area contributed by atoms with Gasteiger partial charge in [-0.1, -0.05) is 47.3 Å². The van der Waals surface area contributed by atoms with Crippen LogP contribution in [0.15, 0.2) is 41.0 Å². The molecule has 1 aromatic heterocycles. The van der Waals surface area contributed by atoms with Crippen LogP contribution in [0.4, 0.5) is 4.79 Å². The van der Waals surface area contributed by atoms with Gasteiger partial charge in [0.1, 0.15) is 12.7 Å². The molecule has 1 amide bonds. The molecule has 1 fully saturated rings. The van der Waals surface area contributed by atoms with Gasteiger partial charge in [0, 0.05) is 10.7 Å². The Morgan fingerprint density at radius 3 is 2.85 bits per heavy atom. The van der Waals surface area contributed by atoms with Crippen molar-refractivity contribution in [2.45, 2.75) is 44.2 Å². The van der Waals surface area contributed by atoms with E-state index in [0.29, 0.717) is 5.69 Å². The summed E-state index contributed by atoms with van der Waals surface area (Å²) in [7, 11) is 0. The molecule has 1 aromatic carbocycles. The highest BCUT2D eigenvalue weighted by atomic mass is 79.9. The number of ether oxygens (including phenoxy) is 1. The molecule has 6 nitrogen and oxygen atoms in total. The van der Waals surface area contributed by atoms with Crippen molar-refractivity contribution >= 4 is 22.0 Å². The van der Waals surface area contributed by atoms with Crippen LogP contribution in [-0.2, 0) is 16.9 Å². The first kappa shape index (κ1) is 18.3. The second-order valence-electron chi connectivity index (χ2n) is 6.35. The fourth-order valence-corrected chi connectivity index (χ4v) is 3.73. The molecule has 1 aliphatic carbocycles. The van der Waals surface area contributed by atoms with E-state index >= 15 is 0 Å². The van der Waals surface area contributed by atoms with Crippen molar-refractivity contribution in [2.24, 2.45) is 0 Å². The summed E-state index contributed by atoms with van der Waals surface area (Å²) in [5.74, 6) is 0.108. The first-order valence-electron chi connectivity index (χ1n) is 8.54. The van der Waals surface area contributed by atoms with Gasteiger partial charge in [0.25, 0.3) is 0 Å². The molecule has 0 atom stereocenters. The van der Waals surface area contributed by atoms with Gasteiger partial charge in [-0.05, 0) is 36.6 Å². The molecule has 0 unspecified atom stereocenters. The van der Waals surface area contributed by atoms with Crippen LogP contribution >= 0.6 is 15.9 Å². The van der Waals surface area contributed by atoms with Crippen LogP contribution < -0.4 is 5.32 Å². The van der Waals surface area contributed by atoms with Gasteiger partial charge in [-0.15, -0.1) is 0 Å². The Balaban J connectivity index is 1.73. The number of benzene rings is 1. The molecule has 3 rings (SSSR count). The van der Waals surface area contributed by atoms with E-state index in [1.807, 2.05) is 30.3 Å². The van der Waals surface area contributed by atoms with Crippen LogP contribution in [0.1, 0.15) is 49.2 Å². The zero-order valence-electron chi connectivity index (χ0n) is 14.2. The summed E-state index contributed by atoms with van der Waals surface area (Å²) in [6.07, 6.45) is 5.69. The molecular weight excluding hydrogens is 396 g/mol. The Labute approximate surface area is 160 Å². The van der Waals surface area contributed by atoms with Crippen LogP contribution in [0.3, 0.4) is 0 Å². The summed E-state index contributed by atoms with van der Waals surface area (Å²) in [6.45, 7) is 0.189. The van der Waals surface area contributed by atoms with Gasteiger partial charge in [-0.3, -0.25) is 0 Å². The monoisotopic (exact) mass is 414 g/mol. The zero-order valence-corrected chi connectivity index (χ0v) is 15.8. The third-order valence-corrected chi connectivity index (χ3v) is 5.05. The molecule has 0 aliphatic heterocycles. The maximum absolute atomic E-state index is 12.4. The minimum Gasteiger partial charge on any atom is -0.445 e. The van der Waals surface area contributed by atoms with Crippen molar-refractivity contribution < 1.29 is 9.53 Å². The van der Waals surface area contributed by atoms with Crippen LogP contribution in [0, 0.1) is 11.3 Å². The van der Waals surface area contributed by atoms with Gasteiger partial charge >= 0.3 is 6.09 Å². The van der Waals surface area contributed by atoms with Gasteiger partial charge in [0.2, 0.25) is 5.82 Å². The summed E-state index contributed by atoms with van der Waals surface area (Å²) < 4.78 is 6.35. The van der Waals surface area contributed by atoms with E-state index in [0.717, 1.165) is 42.1 Å². The molecule has 7 heteroatoms. The van der Waals surface area contributed by atoms with Gasteiger partial charge in [-0.2, -0.15) is 5.26 Å². The SMILES string of the molecule is N#Cc1nccc(C2(NC(=O)OCc3cccc(Br)c3)CCCCC2)n1. The van der Waals surface area contributed by atoms with Gasteiger partial charge in [0.15, 0.2) is 0 Å². The molecule has 0 saturated heterocycles. The third kappa shape index (κ3) is 4.38. The third-order valence-electron chi connectivity index (χ3n) is 4.55. The molecule has 1 N–H and O–H groups in total. The molecule has 1 heterocycles. The first-order chi connectivity index (χ1) is 12.6. The number of carbonyl (C=O) groups excluding carboxylic acids is 1. The Morgan fingerprint density at radius 2 is 2.12 bits per heavy atom. The number of amides is 1. The number of rotatable bonds is 4. The number of halogens is 1. The fourth-order valence-electron chi connectivity index (χ4n) is 3.29. The largest absolute Gasteiger partial charge is 0.445 e. The number of hydrogen-bond acceptors (Lipinski definition) is 5. The maximum atomic E-state index is 12.4. The molecule has 0 spiro atoms. The molecule has 2 aromatic rings. The van der Waals surface area contributed by atoms with Crippen molar-refractivity contribution in [1.29, 1.82) is 5.26 Å². The summed E-state index contributed by atoms with van der Waals surface area (Å²) in [4.78, 5) is 20.7. The molecule has 0 radical (unpaired) electrons. The number of hydrogen-bond donors (Lipinski definition) is 1. The second-order valence-corrected chi connectivity index (χ2v) is 7.27. The van der Waals surface area contributed by atoms with Gasteiger partial charge < -0.3 is 10.1 Å². The fraction of sp³-hybridized carbons (Fsp3) is 0.368. The maximum Gasteiger partial charge on any atom is 0.408 e. The van der Waals surface area contributed by atoms with E-state index in [2.05, 4.69) is 31.2 Å². The predicted octanol–water partition coefficient (Wildman–Crippen LogP) is 4.20. The number of aromatic nitrogens is 2. The van der Waals surface area contributed by atoms with Crippen LogP contribution in [0.25, 0.3) is 0 Å². The molecule has 26 heavy (non-hydrogen) atoms. The number of nitrogens with one attached hydrogen (secondary N) is 1. The van der Waals surface area contributed by atoms with Crippen LogP contribution in [0.2, 0.25) is 0 Å². The zero-order chi connectivity index (χ0) is 18.4. The Morgan fingerprint density at radius 1 is 1.31 bits per heavy atom. The smallest absolute Gasteiger partial charge is 0.408 e. The normalized spacial score (nSPS) is 15.7. The van der Waals surface area contributed by atoms with E-state index in [1.54, 1.807) is 12.3 Å². The van der Waals surface area contributed by atoms with Crippen LogP contribution in [0.5, 0.6) is 0 Å². The molecular formula is C19H19BrN4O2. The average molecular weight is 415 g/mol. The first-order valence-corrected chi connectivity index (χ1v) is 9.34. The van der Waals surface area contributed by atoms with E-state index in [-0.39, 0.29) is 12.4 Å². The highest BCUT2D eigenvalue weighted by Crippen LogP contribution is 2.36. The lowest BCUT2D eigenvalue weighted by Crippen LogP contribution is -2.48. The number of nitriles is 1. The molecule has 134 valence electrons. The molecule has 1 saturated carbocycles. The van der Waals surface area contributed by atoms with Crippen LogP contribution in [-0.4, -0.2) is 16.1 Å². The second kappa shape index (κ2) is 8.28. The van der Waals surface area contributed by atoms with E-state index in [4.69, 9.17) is 10.00 Å². The Hall–Kier alpha value is -2.46. The van der Waals surface area contributed by atoms with Crippen molar-refractivity contribution in [1.82, 2.24) is 15.3 Å². The molecule has 0 bridgehead atoms. The summed E-state index contributed by atoms with van der Waals surface area (Å²) in [5, 5.41) is 12.1. The summed E-state index contributed by atoms with van der Waals surface area (Å²) >= 11 is 3.40. The standard InChI is InChI=1S/C19H19BrN4O2/c20-15-6-4-5-14(11-15)13-26-18(25)24-19(8-2-1-3-9-19)16-7-10-22-17(12-21)23-16/h4-7,10-11H,1-3,8-9,13H2,(H,24,25). The summed E-state index contributed by atoms with van der Waals surface area (Å²) in [5.41, 5.74) is 0.963. The molecule has 1 aliphatic rings. The summed E-state index contributed by atoms with van der Waals surface area (Å²) in [6, 6.07) is 11.3. The van der Waals surface area contributed by atoms with Crippen molar-refractivity contribution in [3.63, 3.8) is 0 Å². The quantitative estimate of drug-likeness (QED) is 0.809. The van der Waals surface area contributed by atoms with E-state index < -0.39 is 11.6 Å². The van der Waals surface area contributed by atoms with E-state index in [1.165, 1.54) is 0 Å². The lowest BCUT2D eigenvalue weighted by Gasteiger charge is -2.37. The van der Waals surface area contributed by atoms with Gasteiger partial charge in [0.05, 0.1) is 11.2 Å².